The fourth-order valence-corrected chi connectivity index (χ4v) is 4.30. The molecule has 8 nitrogen and oxygen atoms in total. The predicted molar refractivity (Wildman–Crippen MR) is 123 cm³/mol. The Morgan fingerprint density at radius 2 is 1.69 bits per heavy atom. The van der Waals surface area contributed by atoms with Gasteiger partial charge in [-0.25, -0.2) is 0 Å². The number of methoxy groups -OCH3 is 2. The minimum Gasteiger partial charge on any atom is -0.497 e. The van der Waals surface area contributed by atoms with E-state index in [-0.39, 0.29) is 11.7 Å². The van der Waals surface area contributed by atoms with Crippen LogP contribution in [0.1, 0.15) is 5.56 Å². The van der Waals surface area contributed by atoms with Crippen molar-refractivity contribution in [1.82, 2.24) is 19.7 Å². The first-order valence-corrected chi connectivity index (χ1v) is 11.3. The number of rotatable bonds is 7. The van der Waals surface area contributed by atoms with E-state index < -0.39 is 0 Å². The van der Waals surface area contributed by atoms with Gasteiger partial charge in [-0.1, -0.05) is 29.5 Å². The minimum atomic E-state index is 0.0707. The van der Waals surface area contributed by atoms with Crippen molar-refractivity contribution in [2.45, 2.75) is 12.1 Å². The molecule has 0 aliphatic carbocycles. The number of amides is 1. The molecule has 1 amide bonds. The average Bonchev–Trinajstić information content (AvgIpc) is 3.27. The summed E-state index contributed by atoms with van der Waals surface area (Å²) in [6.45, 7) is 4.45. The molecule has 2 heterocycles. The van der Waals surface area contributed by atoms with Crippen molar-refractivity contribution < 1.29 is 19.0 Å². The normalized spacial score (nSPS) is 13.8. The summed E-state index contributed by atoms with van der Waals surface area (Å²) in [5.41, 5.74) is 2.88. The van der Waals surface area contributed by atoms with Gasteiger partial charge in [-0.15, -0.1) is 10.2 Å². The second-order valence-electron chi connectivity index (χ2n) is 7.36. The molecule has 2 aromatic carbocycles. The van der Waals surface area contributed by atoms with Crippen LogP contribution in [-0.4, -0.2) is 71.8 Å². The first-order chi connectivity index (χ1) is 15.6. The Kier molecular flexibility index (Phi) is 6.96. The van der Waals surface area contributed by atoms with Crippen LogP contribution < -0.4 is 9.47 Å². The first kappa shape index (κ1) is 22.2. The third kappa shape index (κ3) is 4.89. The molecule has 4 rings (SSSR count). The maximum absolute atomic E-state index is 12.7. The van der Waals surface area contributed by atoms with E-state index in [2.05, 4.69) is 10.2 Å². The Hall–Kier alpha value is -3.04. The summed E-state index contributed by atoms with van der Waals surface area (Å²) in [6.07, 6.45) is 0. The predicted octanol–water partition coefficient (Wildman–Crippen LogP) is 3.21. The fraction of sp³-hybridized carbons (Fsp3) is 0.348. The SMILES string of the molecule is COc1cc(OC)cc(-c2nnc(SCC(=O)N3CCOCC3)n2-c2ccc(C)cc2)c1. The minimum absolute atomic E-state index is 0.0707. The second kappa shape index (κ2) is 10.1. The summed E-state index contributed by atoms with van der Waals surface area (Å²) in [5.74, 6) is 2.32. The number of carbonyl (C=O) groups is 1. The van der Waals surface area contributed by atoms with Gasteiger partial charge in [-0.05, 0) is 31.2 Å². The molecular weight excluding hydrogens is 428 g/mol. The van der Waals surface area contributed by atoms with E-state index in [0.29, 0.717) is 48.8 Å². The van der Waals surface area contributed by atoms with Gasteiger partial charge in [0.25, 0.3) is 0 Å². The molecule has 1 fully saturated rings. The van der Waals surface area contributed by atoms with Crippen molar-refractivity contribution >= 4 is 17.7 Å². The number of morpholine rings is 1. The highest BCUT2D eigenvalue weighted by atomic mass is 32.2. The van der Waals surface area contributed by atoms with Crippen LogP contribution in [0.5, 0.6) is 11.5 Å². The fourth-order valence-electron chi connectivity index (χ4n) is 3.44. The van der Waals surface area contributed by atoms with E-state index in [1.807, 2.05) is 58.9 Å². The molecule has 0 N–H and O–H groups in total. The van der Waals surface area contributed by atoms with Gasteiger partial charge < -0.3 is 19.1 Å². The van der Waals surface area contributed by atoms with Crippen LogP contribution >= 0.6 is 11.8 Å². The van der Waals surface area contributed by atoms with E-state index in [0.717, 1.165) is 16.8 Å². The highest BCUT2D eigenvalue weighted by molar-refractivity contribution is 7.99. The van der Waals surface area contributed by atoms with Gasteiger partial charge in [-0.3, -0.25) is 9.36 Å². The topological polar surface area (TPSA) is 78.7 Å². The maximum Gasteiger partial charge on any atom is 0.233 e. The molecule has 168 valence electrons. The number of thioether (sulfide) groups is 1. The molecular formula is C23H26N4O4S. The maximum atomic E-state index is 12.7. The zero-order chi connectivity index (χ0) is 22.5. The highest BCUT2D eigenvalue weighted by Crippen LogP contribution is 2.33. The summed E-state index contributed by atoms with van der Waals surface area (Å²) >= 11 is 1.38. The van der Waals surface area contributed by atoms with E-state index in [1.54, 1.807) is 14.2 Å². The van der Waals surface area contributed by atoms with Gasteiger partial charge in [0.15, 0.2) is 11.0 Å². The van der Waals surface area contributed by atoms with Crippen LogP contribution in [0.25, 0.3) is 17.1 Å². The third-order valence-electron chi connectivity index (χ3n) is 5.22. The smallest absolute Gasteiger partial charge is 0.233 e. The molecule has 3 aromatic rings. The molecule has 1 saturated heterocycles. The molecule has 32 heavy (non-hydrogen) atoms. The molecule has 0 unspecified atom stereocenters. The zero-order valence-electron chi connectivity index (χ0n) is 18.4. The van der Waals surface area contributed by atoms with Gasteiger partial charge in [-0.2, -0.15) is 0 Å². The summed E-state index contributed by atoms with van der Waals surface area (Å²) < 4.78 is 18.2. The van der Waals surface area contributed by atoms with Crippen LogP contribution in [0.15, 0.2) is 47.6 Å². The average molecular weight is 455 g/mol. The monoisotopic (exact) mass is 454 g/mol. The molecule has 0 radical (unpaired) electrons. The number of hydrogen-bond acceptors (Lipinski definition) is 7. The largest absolute Gasteiger partial charge is 0.497 e. The first-order valence-electron chi connectivity index (χ1n) is 10.3. The number of ether oxygens (including phenoxy) is 3. The third-order valence-corrected chi connectivity index (χ3v) is 6.14. The summed E-state index contributed by atoms with van der Waals surface area (Å²) in [5, 5.41) is 9.53. The van der Waals surface area contributed by atoms with Crippen molar-refractivity contribution in [3.8, 4) is 28.6 Å². The number of benzene rings is 2. The summed E-state index contributed by atoms with van der Waals surface area (Å²) in [4.78, 5) is 14.5. The number of aryl methyl sites for hydroxylation is 1. The molecule has 1 aliphatic heterocycles. The Morgan fingerprint density at radius 1 is 1.03 bits per heavy atom. The van der Waals surface area contributed by atoms with Crippen molar-refractivity contribution in [1.29, 1.82) is 0 Å². The Bertz CT molecular complexity index is 1060. The van der Waals surface area contributed by atoms with Crippen LogP contribution in [-0.2, 0) is 9.53 Å². The second-order valence-corrected chi connectivity index (χ2v) is 8.30. The van der Waals surface area contributed by atoms with E-state index in [4.69, 9.17) is 14.2 Å². The van der Waals surface area contributed by atoms with Crippen molar-refractivity contribution in [3.63, 3.8) is 0 Å². The lowest BCUT2D eigenvalue weighted by atomic mass is 10.1. The van der Waals surface area contributed by atoms with E-state index in [9.17, 15) is 4.79 Å². The van der Waals surface area contributed by atoms with Gasteiger partial charge in [0.05, 0.1) is 33.2 Å². The zero-order valence-corrected chi connectivity index (χ0v) is 19.2. The quantitative estimate of drug-likeness (QED) is 0.507. The van der Waals surface area contributed by atoms with Gasteiger partial charge in [0, 0.05) is 30.4 Å². The van der Waals surface area contributed by atoms with Gasteiger partial charge in [0.1, 0.15) is 11.5 Å². The number of carbonyl (C=O) groups excluding carboxylic acids is 1. The van der Waals surface area contributed by atoms with Crippen LogP contribution in [0.4, 0.5) is 0 Å². The lowest BCUT2D eigenvalue weighted by Crippen LogP contribution is -2.41. The Balaban J connectivity index is 1.69. The Labute approximate surface area is 191 Å². The number of aromatic nitrogens is 3. The summed E-state index contributed by atoms with van der Waals surface area (Å²) in [7, 11) is 3.23. The Morgan fingerprint density at radius 3 is 2.31 bits per heavy atom. The lowest BCUT2D eigenvalue weighted by molar-refractivity contribution is -0.132. The van der Waals surface area contributed by atoms with Crippen LogP contribution in [0.2, 0.25) is 0 Å². The number of nitrogens with zero attached hydrogens (tertiary/aromatic N) is 4. The van der Waals surface area contributed by atoms with Crippen LogP contribution in [0, 0.1) is 6.92 Å². The molecule has 1 aromatic heterocycles. The van der Waals surface area contributed by atoms with E-state index in [1.165, 1.54) is 11.8 Å². The van der Waals surface area contributed by atoms with Crippen molar-refractivity contribution in [2.75, 3.05) is 46.3 Å². The molecule has 0 spiro atoms. The molecule has 0 bridgehead atoms. The van der Waals surface area contributed by atoms with Gasteiger partial charge >= 0.3 is 0 Å². The van der Waals surface area contributed by atoms with E-state index >= 15 is 0 Å². The number of hydrogen-bond donors (Lipinski definition) is 0. The summed E-state index contributed by atoms with van der Waals surface area (Å²) in [6, 6.07) is 13.7. The molecule has 1 aliphatic rings. The van der Waals surface area contributed by atoms with Gasteiger partial charge in [0.2, 0.25) is 5.91 Å². The van der Waals surface area contributed by atoms with Crippen molar-refractivity contribution in [2.24, 2.45) is 0 Å². The molecule has 0 saturated carbocycles. The highest BCUT2D eigenvalue weighted by Gasteiger charge is 2.21. The standard InChI is InChI=1S/C23H26N4O4S/c1-16-4-6-18(7-5-16)27-22(17-12-19(29-2)14-20(13-17)30-3)24-25-23(27)32-15-21(28)26-8-10-31-11-9-26/h4-7,12-14H,8-11,15H2,1-3H3. The van der Waals surface area contributed by atoms with Crippen LogP contribution in [0.3, 0.4) is 0 Å². The molecule has 0 atom stereocenters. The molecule has 9 heteroatoms. The van der Waals surface area contributed by atoms with Crippen molar-refractivity contribution in [3.05, 3.63) is 48.0 Å². The lowest BCUT2D eigenvalue weighted by Gasteiger charge is -2.26.